The highest BCUT2D eigenvalue weighted by Gasteiger charge is 2.12. The molecule has 2 aromatic carbocycles. The summed E-state index contributed by atoms with van der Waals surface area (Å²) >= 11 is 0. The third-order valence-corrected chi connectivity index (χ3v) is 4.16. The van der Waals surface area contributed by atoms with Gasteiger partial charge in [0.05, 0.1) is 5.52 Å². The zero-order valence-electron chi connectivity index (χ0n) is 13.9. The molecule has 4 nitrogen and oxygen atoms in total. The number of hydrogen-bond acceptors (Lipinski definition) is 2. The number of hydrogen-bond donors (Lipinski definition) is 2. The molecule has 0 aliphatic heterocycles. The summed E-state index contributed by atoms with van der Waals surface area (Å²) in [6.45, 7) is 3.13. The maximum absolute atomic E-state index is 12.3. The minimum atomic E-state index is -0.293. The summed E-state index contributed by atoms with van der Waals surface area (Å²) in [6, 6.07) is 17.5. The van der Waals surface area contributed by atoms with Gasteiger partial charge >= 0.3 is 0 Å². The minimum absolute atomic E-state index is 0.0701. The average molecular weight is 321 g/mol. The summed E-state index contributed by atoms with van der Waals surface area (Å²) in [5.41, 5.74) is 9.04. The first-order valence-corrected chi connectivity index (χ1v) is 8.36. The van der Waals surface area contributed by atoms with Gasteiger partial charge in [0.2, 0.25) is 5.91 Å². The van der Waals surface area contributed by atoms with Gasteiger partial charge in [-0.1, -0.05) is 43.3 Å². The van der Waals surface area contributed by atoms with Crippen molar-refractivity contribution in [2.45, 2.75) is 32.4 Å². The Labute approximate surface area is 142 Å². The van der Waals surface area contributed by atoms with E-state index in [2.05, 4.69) is 29.1 Å². The second-order valence-electron chi connectivity index (χ2n) is 6.05. The lowest BCUT2D eigenvalue weighted by Gasteiger charge is -2.12. The van der Waals surface area contributed by atoms with Gasteiger partial charge in [0.25, 0.3) is 0 Å². The van der Waals surface area contributed by atoms with Crippen LogP contribution < -0.4 is 11.1 Å². The number of amides is 1. The van der Waals surface area contributed by atoms with Crippen LogP contribution in [0.15, 0.2) is 60.8 Å². The summed E-state index contributed by atoms with van der Waals surface area (Å²) in [6.07, 6.45) is 3.43. The van der Waals surface area contributed by atoms with E-state index in [1.165, 1.54) is 5.39 Å². The van der Waals surface area contributed by atoms with E-state index in [1.54, 1.807) is 0 Å². The van der Waals surface area contributed by atoms with Crippen LogP contribution in [0, 0.1) is 0 Å². The molecule has 0 spiro atoms. The normalized spacial score (nSPS) is 12.2. The predicted molar refractivity (Wildman–Crippen MR) is 98.8 cm³/mol. The van der Waals surface area contributed by atoms with E-state index in [0.717, 1.165) is 29.7 Å². The number of nitrogens with one attached hydrogen (secondary N) is 1. The highest BCUT2D eigenvalue weighted by molar-refractivity contribution is 5.94. The molecule has 0 radical (unpaired) electrons. The van der Waals surface area contributed by atoms with Crippen molar-refractivity contribution < 1.29 is 4.79 Å². The fourth-order valence-corrected chi connectivity index (χ4v) is 2.93. The van der Waals surface area contributed by atoms with Gasteiger partial charge in [0.1, 0.15) is 0 Å². The minimum Gasteiger partial charge on any atom is -0.347 e. The molecule has 1 aromatic heterocycles. The second-order valence-corrected chi connectivity index (χ2v) is 6.05. The number of aryl methyl sites for hydroxylation is 1. The number of carbonyl (C=O) groups is 1. The van der Waals surface area contributed by atoms with Gasteiger partial charge in [-0.3, -0.25) is 4.79 Å². The molecule has 1 heterocycles. The lowest BCUT2D eigenvalue weighted by molar-refractivity contribution is -0.116. The standard InChI is InChI=1S/C20H23N3O/c1-2-11-23-12-10-16-8-9-17(13-19(16)23)22-20(24)14-18(21)15-6-4-3-5-7-15/h3-10,12-13,18H,2,11,14,21H2,1H3,(H,22,24). The van der Waals surface area contributed by atoms with Crippen LogP contribution in [0.4, 0.5) is 5.69 Å². The van der Waals surface area contributed by atoms with Gasteiger partial charge in [0, 0.05) is 30.9 Å². The highest BCUT2D eigenvalue weighted by Crippen LogP contribution is 2.22. The third-order valence-electron chi connectivity index (χ3n) is 4.16. The number of carbonyl (C=O) groups excluding carboxylic acids is 1. The van der Waals surface area contributed by atoms with E-state index >= 15 is 0 Å². The molecule has 1 unspecified atom stereocenters. The summed E-state index contributed by atoms with van der Waals surface area (Å²) in [5.74, 6) is -0.0701. The zero-order chi connectivity index (χ0) is 16.9. The van der Waals surface area contributed by atoms with Crippen molar-refractivity contribution in [2.24, 2.45) is 5.73 Å². The highest BCUT2D eigenvalue weighted by atomic mass is 16.1. The van der Waals surface area contributed by atoms with E-state index in [1.807, 2.05) is 48.5 Å². The molecule has 24 heavy (non-hydrogen) atoms. The van der Waals surface area contributed by atoms with E-state index in [0.29, 0.717) is 0 Å². The quantitative estimate of drug-likeness (QED) is 0.718. The molecular weight excluding hydrogens is 298 g/mol. The fourth-order valence-electron chi connectivity index (χ4n) is 2.93. The van der Waals surface area contributed by atoms with Gasteiger partial charge in [-0.25, -0.2) is 0 Å². The second kappa shape index (κ2) is 7.32. The summed E-state index contributed by atoms with van der Waals surface area (Å²) in [4.78, 5) is 12.3. The monoisotopic (exact) mass is 321 g/mol. The van der Waals surface area contributed by atoms with Crippen LogP contribution in [0.5, 0.6) is 0 Å². The number of benzene rings is 2. The molecule has 0 fully saturated rings. The van der Waals surface area contributed by atoms with Crippen molar-refractivity contribution in [3.63, 3.8) is 0 Å². The Kier molecular flexibility index (Phi) is 4.96. The van der Waals surface area contributed by atoms with Gasteiger partial charge in [0.15, 0.2) is 0 Å². The number of nitrogens with two attached hydrogens (primary N) is 1. The van der Waals surface area contributed by atoms with Crippen molar-refractivity contribution >= 4 is 22.5 Å². The van der Waals surface area contributed by atoms with Crippen LogP contribution in [0.1, 0.15) is 31.4 Å². The van der Waals surface area contributed by atoms with Crippen LogP contribution >= 0.6 is 0 Å². The zero-order valence-corrected chi connectivity index (χ0v) is 13.9. The third kappa shape index (κ3) is 3.66. The lowest BCUT2D eigenvalue weighted by atomic mass is 10.0. The fraction of sp³-hybridized carbons (Fsp3) is 0.250. The molecule has 0 aliphatic carbocycles. The van der Waals surface area contributed by atoms with Gasteiger partial charge in [-0.05, 0) is 35.6 Å². The molecule has 0 bridgehead atoms. The number of aromatic nitrogens is 1. The molecular formula is C20H23N3O. The summed E-state index contributed by atoms with van der Waals surface area (Å²) in [5, 5.41) is 4.14. The van der Waals surface area contributed by atoms with Crippen molar-refractivity contribution in [1.82, 2.24) is 4.57 Å². The summed E-state index contributed by atoms with van der Waals surface area (Å²) < 4.78 is 2.21. The van der Waals surface area contributed by atoms with Crippen LogP contribution in [-0.4, -0.2) is 10.5 Å². The molecule has 3 rings (SSSR count). The molecule has 3 aromatic rings. The Morgan fingerprint density at radius 1 is 1.17 bits per heavy atom. The smallest absolute Gasteiger partial charge is 0.226 e. The Morgan fingerprint density at radius 3 is 2.71 bits per heavy atom. The molecule has 0 saturated heterocycles. The van der Waals surface area contributed by atoms with Crippen molar-refractivity contribution in [2.75, 3.05) is 5.32 Å². The van der Waals surface area contributed by atoms with Crippen molar-refractivity contribution in [3.8, 4) is 0 Å². The first kappa shape index (κ1) is 16.3. The molecule has 1 amide bonds. The molecule has 3 N–H and O–H groups in total. The van der Waals surface area contributed by atoms with E-state index in [4.69, 9.17) is 5.73 Å². The topological polar surface area (TPSA) is 60.0 Å². The largest absolute Gasteiger partial charge is 0.347 e. The summed E-state index contributed by atoms with van der Waals surface area (Å²) in [7, 11) is 0. The maximum Gasteiger partial charge on any atom is 0.226 e. The molecule has 124 valence electrons. The maximum atomic E-state index is 12.3. The van der Waals surface area contributed by atoms with Crippen molar-refractivity contribution in [3.05, 3.63) is 66.4 Å². The predicted octanol–water partition coefficient (Wildman–Crippen LogP) is 4.08. The number of nitrogens with zero attached hydrogens (tertiary/aromatic N) is 1. The Morgan fingerprint density at radius 2 is 1.96 bits per heavy atom. The van der Waals surface area contributed by atoms with Crippen molar-refractivity contribution in [1.29, 1.82) is 0 Å². The molecule has 1 atom stereocenters. The molecule has 4 heteroatoms. The van der Waals surface area contributed by atoms with Crippen LogP contribution in [0.25, 0.3) is 10.9 Å². The number of anilines is 1. The average Bonchev–Trinajstić information content (AvgIpc) is 2.98. The van der Waals surface area contributed by atoms with E-state index < -0.39 is 0 Å². The van der Waals surface area contributed by atoms with Gasteiger partial charge < -0.3 is 15.6 Å². The Bertz CT molecular complexity index is 823. The van der Waals surface area contributed by atoms with Gasteiger partial charge in [-0.15, -0.1) is 0 Å². The van der Waals surface area contributed by atoms with Crippen LogP contribution in [-0.2, 0) is 11.3 Å². The number of rotatable bonds is 6. The molecule has 0 aliphatic rings. The SMILES string of the molecule is CCCn1ccc2ccc(NC(=O)CC(N)c3ccccc3)cc21. The first-order valence-electron chi connectivity index (χ1n) is 8.36. The van der Waals surface area contributed by atoms with Crippen LogP contribution in [0.2, 0.25) is 0 Å². The number of fused-ring (bicyclic) bond motifs is 1. The Hall–Kier alpha value is -2.59. The van der Waals surface area contributed by atoms with Gasteiger partial charge in [-0.2, -0.15) is 0 Å². The van der Waals surface area contributed by atoms with Crippen LogP contribution in [0.3, 0.4) is 0 Å². The van der Waals surface area contributed by atoms with E-state index in [-0.39, 0.29) is 18.4 Å². The Balaban J connectivity index is 1.70. The van der Waals surface area contributed by atoms with E-state index in [9.17, 15) is 4.79 Å². The molecule has 0 saturated carbocycles. The lowest BCUT2D eigenvalue weighted by Crippen LogP contribution is -2.20. The first-order chi connectivity index (χ1) is 11.7.